The summed E-state index contributed by atoms with van der Waals surface area (Å²) in [6, 6.07) is 1.16. The molecule has 0 aromatic carbocycles. The second kappa shape index (κ2) is 9.83. The van der Waals surface area contributed by atoms with Crippen molar-refractivity contribution < 1.29 is 14.0 Å². The lowest BCUT2D eigenvalue weighted by Gasteiger charge is -2.38. The SMILES string of the molecule is Cc1oc2c(c1C(=O)CCCC1C[C@H]3CC[C@@H](C1)N3CC(=O)CCC(C)(C)C)CCCC2. The molecule has 0 amide bonds. The van der Waals surface area contributed by atoms with Crippen molar-refractivity contribution in [2.45, 2.75) is 123 Å². The number of piperidine rings is 1. The fourth-order valence-electron chi connectivity index (χ4n) is 6.42. The molecule has 0 N–H and O–H groups in total. The molecular weight excluding hydrogens is 398 g/mol. The van der Waals surface area contributed by atoms with Crippen molar-refractivity contribution in [3.63, 3.8) is 0 Å². The van der Waals surface area contributed by atoms with Gasteiger partial charge < -0.3 is 4.42 Å². The van der Waals surface area contributed by atoms with E-state index < -0.39 is 0 Å². The van der Waals surface area contributed by atoms with Gasteiger partial charge in [0.1, 0.15) is 17.3 Å². The summed E-state index contributed by atoms with van der Waals surface area (Å²) in [4.78, 5) is 28.1. The first-order valence-corrected chi connectivity index (χ1v) is 13.1. The average Bonchev–Trinajstić information content (AvgIpc) is 3.17. The molecule has 1 aliphatic carbocycles. The maximum Gasteiger partial charge on any atom is 0.166 e. The predicted molar refractivity (Wildman–Crippen MR) is 128 cm³/mol. The molecule has 3 heterocycles. The molecule has 0 radical (unpaired) electrons. The minimum absolute atomic E-state index is 0.230. The fraction of sp³-hybridized carbons (Fsp3) is 0.786. The van der Waals surface area contributed by atoms with Gasteiger partial charge in [-0.2, -0.15) is 0 Å². The molecule has 0 spiro atoms. The Morgan fingerprint density at radius 1 is 1.03 bits per heavy atom. The molecule has 3 aliphatic rings. The lowest BCUT2D eigenvalue weighted by molar-refractivity contribution is -0.122. The van der Waals surface area contributed by atoms with Crippen molar-refractivity contribution in [3.8, 4) is 0 Å². The molecule has 2 fully saturated rings. The van der Waals surface area contributed by atoms with E-state index in [9.17, 15) is 9.59 Å². The van der Waals surface area contributed by atoms with Gasteiger partial charge in [-0.1, -0.05) is 20.8 Å². The third kappa shape index (κ3) is 5.55. The van der Waals surface area contributed by atoms with Gasteiger partial charge >= 0.3 is 0 Å². The van der Waals surface area contributed by atoms with Crippen LogP contribution in [0, 0.1) is 18.3 Å². The fourth-order valence-corrected chi connectivity index (χ4v) is 6.42. The third-order valence-electron chi connectivity index (χ3n) is 8.14. The summed E-state index contributed by atoms with van der Waals surface area (Å²) < 4.78 is 5.92. The summed E-state index contributed by atoms with van der Waals surface area (Å²) in [5.41, 5.74) is 2.34. The van der Waals surface area contributed by atoms with Crippen molar-refractivity contribution in [1.29, 1.82) is 0 Å². The van der Waals surface area contributed by atoms with Crippen molar-refractivity contribution in [2.24, 2.45) is 11.3 Å². The van der Waals surface area contributed by atoms with E-state index in [1.165, 1.54) is 44.1 Å². The first-order valence-electron chi connectivity index (χ1n) is 13.1. The van der Waals surface area contributed by atoms with E-state index in [2.05, 4.69) is 25.7 Å². The van der Waals surface area contributed by atoms with E-state index in [-0.39, 0.29) is 5.41 Å². The molecular formula is C28H43NO3. The van der Waals surface area contributed by atoms with Crippen LogP contribution in [0.1, 0.15) is 119 Å². The van der Waals surface area contributed by atoms with Crippen molar-refractivity contribution in [1.82, 2.24) is 4.90 Å². The van der Waals surface area contributed by atoms with Crippen LogP contribution in [-0.2, 0) is 17.6 Å². The molecule has 32 heavy (non-hydrogen) atoms. The summed E-state index contributed by atoms with van der Waals surface area (Å²) in [7, 11) is 0. The van der Waals surface area contributed by atoms with E-state index in [0.29, 0.717) is 49.0 Å². The zero-order chi connectivity index (χ0) is 22.9. The Morgan fingerprint density at radius 2 is 1.72 bits per heavy atom. The average molecular weight is 442 g/mol. The standard InChI is InChI=1S/C28H43NO3/c1-19-27(24-9-5-6-11-26(24)32-19)25(31)10-7-8-20-16-21-12-13-22(17-20)29(21)18-23(30)14-15-28(2,3)4/h20-22H,5-18H2,1-4H3/t20?,21-,22+. The van der Waals surface area contributed by atoms with E-state index >= 15 is 0 Å². The molecule has 178 valence electrons. The van der Waals surface area contributed by atoms with Crippen LogP contribution in [0.25, 0.3) is 0 Å². The summed E-state index contributed by atoms with van der Waals surface area (Å²) in [5, 5.41) is 0. The second-order valence-corrected chi connectivity index (χ2v) is 12.0. The second-order valence-electron chi connectivity index (χ2n) is 12.0. The number of Topliss-reactive ketones (excluding diaryl/α,β-unsaturated/α-hetero) is 2. The Bertz CT molecular complexity index is 816. The Morgan fingerprint density at radius 3 is 2.41 bits per heavy atom. The predicted octanol–water partition coefficient (Wildman–Crippen LogP) is 6.46. The number of nitrogens with zero attached hydrogens (tertiary/aromatic N) is 1. The maximum absolute atomic E-state index is 13.0. The Hall–Kier alpha value is -1.42. The number of furan rings is 1. The largest absolute Gasteiger partial charge is 0.465 e. The molecule has 4 nitrogen and oxygen atoms in total. The monoisotopic (exact) mass is 441 g/mol. The van der Waals surface area contributed by atoms with Crippen LogP contribution in [-0.4, -0.2) is 35.1 Å². The van der Waals surface area contributed by atoms with Gasteiger partial charge in [0, 0.05) is 36.9 Å². The van der Waals surface area contributed by atoms with Crippen LogP contribution < -0.4 is 0 Å². The number of fused-ring (bicyclic) bond motifs is 3. The van der Waals surface area contributed by atoms with E-state index in [1.54, 1.807) is 0 Å². The number of carbonyl (C=O) groups excluding carboxylic acids is 2. The van der Waals surface area contributed by atoms with Crippen LogP contribution >= 0.6 is 0 Å². The van der Waals surface area contributed by atoms with Crippen LogP contribution in [0.2, 0.25) is 0 Å². The molecule has 1 aromatic rings. The zero-order valence-corrected chi connectivity index (χ0v) is 20.8. The molecule has 4 rings (SSSR count). The third-order valence-corrected chi connectivity index (χ3v) is 8.14. The van der Waals surface area contributed by atoms with E-state index in [0.717, 1.165) is 49.2 Å². The highest BCUT2D eigenvalue weighted by Gasteiger charge is 2.41. The van der Waals surface area contributed by atoms with Gasteiger partial charge in [-0.05, 0) is 82.5 Å². The first-order chi connectivity index (χ1) is 15.2. The van der Waals surface area contributed by atoms with Crippen LogP contribution in [0.3, 0.4) is 0 Å². The van der Waals surface area contributed by atoms with Crippen LogP contribution in [0.4, 0.5) is 0 Å². The van der Waals surface area contributed by atoms with E-state index in [4.69, 9.17) is 4.42 Å². The van der Waals surface area contributed by atoms with Crippen molar-refractivity contribution in [3.05, 3.63) is 22.6 Å². The van der Waals surface area contributed by atoms with Gasteiger partial charge in [0.25, 0.3) is 0 Å². The Balaban J connectivity index is 1.23. The number of aryl methyl sites for hydroxylation is 2. The molecule has 0 saturated carbocycles. The number of hydrogen-bond donors (Lipinski definition) is 0. The maximum atomic E-state index is 13.0. The number of hydrogen-bond acceptors (Lipinski definition) is 4. The van der Waals surface area contributed by atoms with Crippen molar-refractivity contribution >= 4 is 11.6 Å². The van der Waals surface area contributed by atoms with Crippen LogP contribution in [0.5, 0.6) is 0 Å². The molecule has 2 aliphatic heterocycles. The van der Waals surface area contributed by atoms with Crippen LogP contribution in [0.15, 0.2) is 4.42 Å². The smallest absolute Gasteiger partial charge is 0.166 e. The number of ketones is 2. The highest BCUT2D eigenvalue weighted by molar-refractivity contribution is 5.98. The van der Waals surface area contributed by atoms with Crippen molar-refractivity contribution in [2.75, 3.05) is 6.54 Å². The van der Waals surface area contributed by atoms with Gasteiger partial charge in [-0.3, -0.25) is 14.5 Å². The molecule has 1 unspecified atom stereocenters. The quantitative estimate of drug-likeness (QED) is 0.413. The topological polar surface area (TPSA) is 50.5 Å². The van der Waals surface area contributed by atoms with Gasteiger partial charge in [0.05, 0.1) is 12.1 Å². The van der Waals surface area contributed by atoms with Gasteiger partial charge in [-0.15, -0.1) is 0 Å². The summed E-state index contributed by atoms with van der Waals surface area (Å²) >= 11 is 0. The normalized spacial score (nSPS) is 25.7. The molecule has 2 saturated heterocycles. The zero-order valence-electron chi connectivity index (χ0n) is 20.8. The lowest BCUT2D eigenvalue weighted by atomic mass is 9.85. The first kappa shape index (κ1) is 23.7. The summed E-state index contributed by atoms with van der Waals surface area (Å²) in [6.45, 7) is 9.25. The van der Waals surface area contributed by atoms with Gasteiger partial charge in [-0.25, -0.2) is 0 Å². The molecule has 2 bridgehead atoms. The highest BCUT2D eigenvalue weighted by Crippen LogP contribution is 2.40. The van der Waals surface area contributed by atoms with E-state index in [1.807, 2.05) is 6.92 Å². The Kier molecular flexibility index (Phi) is 7.29. The molecule has 4 heteroatoms. The summed E-state index contributed by atoms with van der Waals surface area (Å²) in [5.74, 6) is 3.32. The number of rotatable bonds is 9. The minimum Gasteiger partial charge on any atom is -0.465 e. The lowest BCUT2D eigenvalue weighted by Crippen LogP contribution is -2.45. The Labute approximate surface area is 194 Å². The summed E-state index contributed by atoms with van der Waals surface area (Å²) in [6.07, 6.45) is 13.7. The van der Waals surface area contributed by atoms with Gasteiger partial charge in [0.2, 0.25) is 0 Å². The van der Waals surface area contributed by atoms with Gasteiger partial charge in [0.15, 0.2) is 5.78 Å². The number of carbonyl (C=O) groups is 2. The molecule has 1 aromatic heterocycles. The molecule has 3 atom stereocenters. The minimum atomic E-state index is 0.230. The highest BCUT2D eigenvalue weighted by atomic mass is 16.3.